The molecular weight excluding hydrogens is 491 g/mol. The number of unbranched alkanes of at least 4 members (excludes halogenated alkanes) is 1. The Morgan fingerprint density at radius 1 is 1.17 bits per heavy atom. The summed E-state index contributed by atoms with van der Waals surface area (Å²) in [6.45, 7) is 4.37. The number of rotatable bonds is 10. The van der Waals surface area contributed by atoms with Crippen LogP contribution in [0.2, 0.25) is 10.0 Å². The van der Waals surface area contributed by atoms with Crippen LogP contribution in [0.4, 0.5) is 0 Å². The summed E-state index contributed by atoms with van der Waals surface area (Å²) in [7, 11) is 0. The van der Waals surface area contributed by atoms with Crippen molar-refractivity contribution in [2.24, 2.45) is 0 Å². The third-order valence-electron chi connectivity index (χ3n) is 4.48. The lowest BCUT2D eigenvalue weighted by molar-refractivity contribution is -0.142. The van der Waals surface area contributed by atoms with E-state index in [1.54, 1.807) is 37.3 Å². The topological polar surface area (TPSA) is 58.6 Å². The van der Waals surface area contributed by atoms with Crippen LogP contribution in [0.25, 0.3) is 0 Å². The van der Waals surface area contributed by atoms with E-state index in [1.807, 2.05) is 12.1 Å². The molecule has 5 nitrogen and oxygen atoms in total. The highest BCUT2D eigenvalue weighted by molar-refractivity contribution is 9.10. The minimum atomic E-state index is -0.661. The molecule has 2 rings (SSSR count). The largest absolute Gasteiger partial charge is 0.483 e. The van der Waals surface area contributed by atoms with Crippen LogP contribution in [-0.2, 0) is 16.1 Å². The summed E-state index contributed by atoms with van der Waals surface area (Å²) in [5.74, 6) is -0.0167. The molecule has 2 aromatic carbocycles. The molecule has 0 bridgehead atoms. The lowest BCUT2D eigenvalue weighted by Gasteiger charge is -2.29. The molecule has 0 aliphatic heterocycles. The Hall–Kier alpha value is -1.76. The summed E-state index contributed by atoms with van der Waals surface area (Å²) in [4.78, 5) is 27.1. The molecule has 0 spiro atoms. The number of amides is 2. The van der Waals surface area contributed by atoms with E-state index in [2.05, 4.69) is 28.2 Å². The summed E-state index contributed by atoms with van der Waals surface area (Å²) < 4.78 is 6.32. The van der Waals surface area contributed by atoms with Crippen LogP contribution in [0.5, 0.6) is 5.75 Å². The molecule has 0 saturated carbocycles. The fraction of sp³-hybridized carbons (Fsp3) is 0.364. The summed E-state index contributed by atoms with van der Waals surface area (Å²) in [6, 6.07) is 11.6. The molecule has 0 aliphatic rings. The molecule has 1 atom stereocenters. The standard InChI is InChI=1S/C22H25BrCl2N2O3/c1-3-4-10-26-22(29)15(2)27(13-16-6-5-7-17(24)11-16)21(28)14-30-20-9-8-18(25)12-19(20)23/h5-9,11-12,15H,3-4,10,13-14H2,1-2H3,(H,26,29). The minimum Gasteiger partial charge on any atom is -0.483 e. The van der Waals surface area contributed by atoms with Gasteiger partial charge in [0.1, 0.15) is 11.8 Å². The van der Waals surface area contributed by atoms with Crippen LogP contribution >= 0.6 is 39.1 Å². The van der Waals surface area contributed by atoms with Crippen LogP contribution in [0.15, 0.2) is 46.9 Å². The smallest absolute Gasteiger partial charge is 0.261 e. The highest BCUT2D eigenvalue weighted by Crippen LogP contribution is 2.28. The number of ether oxygens (including phenoxy) is 1. The van der Waals surface area contributed by atoms with Crippen molar-refractivity contribution >= 4 is 50.9 Å². The number of hydrogen-bond acceptors (Lipinski definition) is 3. The molecule has 0 aromatic heterocycles. The van der Waals surface area contributed by atoms with Gasteiger partial charge in [0.25, 0.3) is 5.91 Å². The molecule has 0 heterocycles. The maximum Gasteiger partial charge on any atom is 0.261 e. The predicted molar refractivity (Wildman–Crippen MR) is 124 cm³/mol. The second kappa shape index (κ2) is 12.2. The maximum atomic E-state index is 13.0. The normalized spacial score (nSPS) is 11.6. The van der Waals surface area contributed by atoms with Gasteiger partial charge in [-0.1, -0.05) is 48.7 Å². The zero-order valence-corrected chi connectivity index (χ0v) is 20.1. The zero-order chi connectivity index (χ0) is 22.1. The Morgan fingerprint density at radius 2 is 1.90 bits per heavy atom. The van der Waals surface area contributed by atoms with E-state index in [-0.39, 0.29) is 25.0 Å². The minimum absolute atomic E-state index is 0.202. The second-order valence-corrected chi connectivity index (χ2v) is 8.56. The summed E-state index contributed by atoms with van der Waals surface area (Å²) in [5, 5.41) is 4.01. The van der Waals surface area contributed by atoms with Crippen molar-refractivity contribution in [2.45, 2.75) is 39.3 Å². The van der Waals surface area contributed by atoms with Gasteiger partial charge in [0.15, 0.2) is 6.61 Å². The van der Waals surface area contributed by atoms with Crippen molar-refractivity contribution in [3.8, 4) is 5.75 Å². The first-order chi connectivity index (χ1) is 14.3. The van der Waals surface area contributed by atoms with Gasteiger partial charge in [-0.05, 0) is 65.2 Å². The van der Waals surface area contributed by atoms with Gasteiger partial charge in [0, 0.05) is 23.1 Å². The van der Waals surface area contributed by atoms with E-state index in [0.29, 0.717) is 26.8 Å². The van der Waals surface area contributed by atoms with Crippen molar-refractivity contribution in [3.05, 3.63) is 62.5 Å². The van der Waals surface area contributed by atoms with Gasteiger partial charge in [0.05, 0.1) is 4.47 Å². The van der Waals surface area contributed by atoms with Gasteiger partial charge in [-0.15, -0.1) is 0 Å². The van der Waals surface area contributed by atoms with Crippen LogP contribution in [0.3, 0.4) is 0 Å². The fourth-order valence-corrected chi connectivity index (χ4v) is 3.78. The molecule has 0 radical (unpaired) electrons. The summed E-state index contributed by atoms with van der Waals surface area (Å²) >= 11 is 15.4. The molecule has 1 N–H and O–H groups in total. The lowest BCUT2D eigenvalue weighted by Crippen LogP contribution is -2.49. The van der Waals surface area contributed by atoms with Crippen LogP contribution in [0, 0.1) is 0 Å². The number of hydrogen-bond donors (Lipinski definition) is 1. The Bertz CT molecular complexity index is 879. The first-order valence-corrected chi connectivity index (χ1v) is 11.3. The van der Waals surface area contributed by atoms with Gasteiger partial charge in [-0.3, -0.25) is 9.59 Å². The number of carbonyl (C=O) groups excluding carboxylic acids is 2. The second-order valence-electron chi connectivity index (χ2n) is 6.84. The predicted octanol–water partition coefficient (Wildman–Crippen LogP) is 5.47. The molecule has 0 fully saturated rings. The van der Waals surface area contributed by atoms with Crippen LogP contribution < -0.4 is 10.1 Å². The Balaban J connectivity index is 2.13. The quantitative estimate of drug-likeness (QED) is 0.427. The first-order valence-electron chi connectivity index (χ1n) is 9.71. The summed E-state index contributed by atoms with van der Waals surface area (Å²) in [5.41, 5.74) is 0.830. The molecule has 2 amide bonds. The highest BCUT2D eigenvalue weighted by atomic mass is 79.9. The highest BCUT2D eigenvalue weighted by Gasteiger charge is 2.26. The maximum absolute atomic E-state index is 13.0. The SMILES string of the molecule is CCCCNC(=O)C(C)N(Cc1cccc(Cl)c1)C(=O)COc1ccc(Cl)cc1Br. The molecule has 0 aliphatic carbocycles. The van der Waals surface area contributed by atoms with Crippen molar-refractivity contribution in [3.63, 3.8) is 0 Å². The van der Waals surface area contributed by atoms with Crippen LogP contribution in [0.1, 0.15) is 32.3 Å². The fourth-order valence-electron chi connectivity index (χ4n) is 2.77. The van der Waals surface area contributed by atoms with Crippen molar-refractivity contribution in [2.75, 3.05) is 13.2 Å². The number of nitrogens with zero attached hydrogens (tertiary/aromatic N) is 1. The molecule has 30 heavy (non-hydrogen) atoms. The van der Waals surface area contributed by atoms with Gasteiger partial charge < -0.3 is 15.0 Å². The van der Waals surface area contributed by atoms with E-state index in [4.69, 9.17) is 27.9 Å². The molecule has 8 heteroatoms. The van der Waals surface area contributed by atoms with E-state index in [0.717, 1.165) is 18.4 Å². The van der Waals surface area contributed by atoms with E-state index >= 15 is 0 Å². The first kappa shape index (κ1) is 24.5. The van der Waals surface area contributed by atoms with Gasteiger partial charge >= 0.3 is 0 Å². The van der Waals surface area contributed by atoms with Crippen molar-refractivity contribution < 1.29 is 14.3 Å². The number of halogens is 3. The van der Waals surface area contributed by atoms with Crippen LogP contribution in [-0.4, -0.2) is 35.9 Å². The number of carbonyl (C=O) groups is 2. The number of benzene rings is 2. The molecule has 0 saturated heterocycles. The third kappa shape index (κ3) is 7.49. The molecule has 2 aromatic rings. The Labute approximate surface area is 195 Å². The van der Waals surface area contributed by atoms with E-state index < -0.39 is 6.04 Å². The van der Waals surface area contributed by atoms with Crippen molar-refractivity contribution in [1.29, 1.82) is 0 Å². The van der Waals surface area contributed by atoms with Gasteiger partial charge in [0.2, 0.25) is 5.91 Å². The van der Waals surface area contributed by atoms with Gasteiger partial charge in [-0.25, -0.2) is 0 Å². The lowest BCUT2D eigenvalue weighted by atomic mass is 10.1. The average Bonchev–Trinajstić information content (AvgIpc) is 2.71. The molecule has 1 unspecified atom stereocenters. The Morgan fingerprint density at radius 3 is 2.57 bits per heavy atom. The van der Waals surface area contributed by atoms with E-state index in [9.17, 15) is 9.59 Å². The zero-order valence-electron chi connectivity index (χ0n) is 17.0. The summed E-state index contributed by atoms with van der Waals surface area (Å²) in [6.07, 6.45) is 1.86. The van der Waals surface area contributed by atoms with Gasteiger partial charge in [-0.2, -0.15) is 0 Å². The van der Waals surface area contributed by atoms with E-state index in [1.165, 1.54) is 4.90 Å². The third-order valence-corrected chi connectivity index (χ3v) is 5.57. The van der Waals surface area contributed by atoms with Crippen molar-refractivity contribution in [1.82, 2.24) is 10.2 Å². The Kier molecular flexibility index (Phi) is 9.95. The average molecular weight is 516 g/mol. The number of nitrogens with one attached hydrogen (secondary N) is 1. The molecule has 162 valence electrons. The monoisotopic (exact) mass is 514 g/mol. The molecular formula is C22H25BrCl2N2O3.